The molecule has 1 aromatic carbocycles. The minimum Gasteiger partial charge on any atom is -0.434 e. The predicted molar refractivity (Wildman–Crippen MR) is 108 cm³/mol. The highest BCUT2D eigenvalue weighted by Crippen LogP contribution is 2.37. The lowest BCUT2D eigenvalue weighted by molar-refractivity contribution is -0.113. The summed E-state index contributed by atoms with van der Waals surface area (Å²) in [5.41, 5.74) is 4.35. The van der Waals surface area contributed by atoms with E-state index in [4.69, 9.17) is 11.6 Å². The summed E-state index contributed by atoms with van der Waals surface area (Å²) in [4.78, 5) is 17.3. The molecule has 11 heteroatoms. The van der Waals surface area contributed by atoms with Crippen LogP contribution in [0.4, 0.5) is 14.5 Å². The molecule has 1 atom stereocenters. The molecule has 4 rings (SSSR count). The number of anilines is 1. The van der Waals surface area contributed by atoms with Gasteiger partial charge in [0, 0.05) is 36.2 Å². The monoisotopic (exact) mass is 434 g/mol. The van der Waals surface area contributed by atoms with E-state index in [9.17, 15) is 13.6 Å². The van der Waals surface area contributed by atoms with Gasteiger partial charge in [0.15, 0.2) is 5.82 Å². The summed E-state index contributed by atoms with van der Waals surface area (Å²) in [5, 5.41) is 9.08. The number of fused-ring (bicyclic) bond motifs is 1. The number of hydrazine groups is 1. The van der Waals surface area contributed by atoms with Crippen molar-refractivity contribution >= 4 is 29.4 Å². The van der Waals surface area contributed by atoms with E-state index in [-0.39, 0.29) is 23.0 Å². The zero-order valence-corrected chi connectivity index (χ0v) is 16.7. The van der Waals surface area contributed by atoms with Gasteiger partial charge in [0.1, 0.15) is 11.4 Å². The van der Waals surface area contributed by atoms with Crippen LogP contribution in [0, 0.1) is 0 Å². The van der Waals surface area contributed by atoms with Crippen LogP contribution in [-0.2, 0) is 11.8 Å². The van der Waals surface area contributed by atoms with Crippen LogP contribution in [0.25, 0.3) is 11.3 Å². The van der Waals surface area contributed by atoms with Crippen molar-refractivity contribution in [3.05, 3.63) is 53.1 Å². The third-order valence-electron chi connectivity index (χ3n) is 4.49. The maximum absolute atomic E-state index is 13.1. The summed E-state index contributed by atoms with van der Waals surface area (Å²) < 4.78 is 31.8. The summed E-state index contributed by atoms with van der Waals surface area (Å²) >= 11 is 6.06. The molecule has 0 radical (unpaired) electrons. The van der Waals surface area contributed by atoms with Gasteiger partial charge in [-0.3, -0.25) is 14.5 Å². The summed E-state index contributed by atoms with van der Waals surface area (Å²) in [6.07, 6.45) is 6.66. The van der Waals surface area contributed by atoms with E-state index in [1.165, 1.54) is 22.9 Å². The molecule has 0 fully saturated rings. The number of nitrogens with one attached hydrogen (secondary N) is 2. The van der Waals surface area contributed by atoms with Crippen LogP contribution in [-0.4, -0.2) is 39.6 Å². The fourth-order valence-corrected chi connectivity index (χ4v) is 3.47. The van der Waals surface area contributed by atoms with E-state index in [0.29, 0.717) is 22.1 Å². The molecule has 0 saturated carbocycles. The molecule has 30 heavy (non-hydrogen) atoms. The molecule has 2 aliphatic rings. The van der Waals surface area contributed by atoms with Gasteiger partial charge in [0.2, 0.25) is 0 Å². The fourth-order valence-electron chi connectivity index (χ4n) is 3.29. The largest absolute Gasteiger partial charge is 0.434 e. The number of hydrogen-bond donors (Lipinski definition) is 2. The normalized spacial score (nSPS) is 17.7. The van der Waals surface area contributed by atoms with Gasteiger partial charge in [-0.1, -0.05) is 11.6 Å². The van der Waals surface area contributed by atoms with Gasteiger partial charge >= 0.3 is 6.61 Å². The molecule has 0 aliphatic carbocycles. The number of aryl methyl sites for hydroxylation is 1. The lowest BCUT2D eigenvalue weighted by Crippen LogP contribution is -2.33. The third-order valence-corrected chi connectivity index (χ3v) is 4.72. The van der Waals surface area contributed by atoms with E-state index in [2.05, 4.69) is 25.6 Å². The Bertz CT molecular complexity index is 1090. The Morgan fingerprint density at radius 2 is 2.20 bits per heavy atom. The van der Waals surface area contributed by atoms with E-state index in [1.54, 1.807) is 36.7 Å². The summed E-state index contributed by atoms with van der Waals surface area (Å²) in [7, 11) is 1.65. The van der Waals surface area contributed by atoms with Gasteiger partial charge in [-0.05, 0) is 31.2 Å². The second-order valence-electron chi connectivity index (χ2n) is 6.62. The molecule has 1 unspecified atom stereocenters. The molecule has 2 aromatic rings. The maximum atomic E-state index is 13.1. The Kier molecular flexibility index (Phi) is 5.27. The van der Waals surface area contributed by atoms with Crippen LogP contribution in [0.2, 0.25) is 5.02 Å². The first-order chi connectivity index (χ1) is 14.3. The number of hydrogen-bond acceptors (Lipinski definition) is 6. The Labute approximate surface area is 175 Å². The quantitative estimate of drug-likeness (QED) is 0.754. The summed E-state index contributed by atoms with van der Waals surface area (Å²) in [5.74, 6) is -0.0142. The number of amides is 1. The first-order valence-electron chi connectivity index (χ1n) is 8.93. The molecule has 1 aromatic heterocycles. The lowest BCUT2D eigenvalue weighted by atomic mass is 10.1. The molecular weight excluding hydrogens is 418 g/mol. The number of allylic oxidation sites excluding steroid dienone is 1. The molecule has 2 aliphatic heterocycles. The number of rotatable bonds is 5. The Hall–Kier alpha value is -3.24. The number of ether oxygens (including phenoxy) is 1. The SMILES string of the molecule is CC1NN2C=CC=NC2=C1C(=O)Nc1cn(C)nc1-c1cc(Cl)ccc1OC(F)F. The first-order valence-corrected chi connectivity index (χ1v) is 9.31. The smallest absolute Gasteiger partial charge is 0.387 e. The van der Waals surface area contributed by atoms with Crippen molar-refractivity contribution in [2.75, 3.05) is 5.32 Å². The highest BCUT2D eigenvalue weighted by atomic mass is 35.5. The predicted octanol–water partition coefficient (Wildman–Crippen LogP) is 3.30. The van der Waals surface area contributed by atoms with Gasteiger partial charge in [0.25, 0.3) is 5.91 Å². The number of benzene rings is 1. The second kappa shape index (κ2) is 7.88. The van der Waals surface area contributed by atoms with Crippen molar-refractivity contribution in [2.24, 2.45) is 12.0 Å². The van der Waals surface area contributed by atoms with Crippen molar-refractivity contribution in [2.45, 2.75) is 19.6 Å². The molecule has 0 saturated heterocycles. The van der Waals surface area contributed by atoms with Crippen LogP contribution < -0.4 is 15.5 Å². The number of halogens is 3. The standard InChI is InChI=1S/C19H17ClF2N6O2/c1-10-15(17-23-6-3-7-28(17)25-10)18(29)24-13-9-27(2)26-16(13)12-8-11(20)4-5-14(12)30-19(21)22/h3-10,19,25H,1-2H3,(H,24,29). The number of aliphatic imine (C=N–C) groups is 1. The van der Waals surface area contributed by atoms with E-state index in [1.807, 2.05) is 6.92 Å². The van der Waals surface area contributed by atoms with Gasteiger partial charge in [-0.25, -0.2) is 10.4 Å². The van der Waals surface area contributed by atoms with E-state index in [0.717, 1.165) is 0 Å². The number of carbonyl (C=O) groups excluding carboxylic acids is 1. The number of alkyl halides is 2. The molecule has 0 bridgehead atoms. The minimum absolute atomic E-state index is 0.102. The molecule has 3 heterocycles. The summed E-state index contributed by atoms with van der Waals surface area (Å²) in [6, 6.07) is 3.94. The summed E-state index contributed by atoms with van der Waals surface area (Å²) in [6.45, 7) is -1.19. The number of carbonyl (C=O) groups is 1. The zero-order valence-electron chi connectivity index (χ0n) is 15.9. The van der Waals surface area contributed by atoms with Gasteiger partial charge in [-0.2, -0.15) is 13.9 Å². The molecule has 1 amide bonds. The van der Waals surface area contributed by atoms with Gasteiger partial charge in [-0.15, -0.1) is 0 Å². The maximum Gasteiger partial charge on any atom is 0.387 e. The van der Waals surface area contributed by atoms with Crippen LogP contribution in [0.5, 0.6) is 5.75 Å². The van der Waals surface area contributed by atoms with Gasteiger partial charge < -0.3 is 10.1 Å². The highest BCUT2D eigenvalue weighted by molar-refractivity contribution is 6.31. The van der Waals surface area contributed by atoms with E-state index >= 15 is 0 Å². The van der Waals surface area contributed by atoms with E-state index < -0.39 is 12.5 Å². The average molecular weight is 435 g/mol. The zero-order chi connectivity index (χ0) is 21.4. The van der Waals surface area contributed by atoms with Crippen molar-refractivity contribution in [1.82, 2.24) is 20.2 Å². The molecule has 0 spiro atoms. The van der Waals surface area contributed by atoms with Crippen molar-refractivity contribution < 1.29 is 18.3 Å². The Balaban J connectivity index is 1.70. The number of aromatic nitrogens is 2. The minimum atomic E-state index is -3.02. The number of nitrogens with zero attached hydrogens (tertiary/aromatic N) is 4. The van der Waals surface area contributed by atoms with Gasteiger partial charge in [0.05, 0.1) is 17.3 Å². The molecule has 8 nitrogen and oxygen atoms in total. The highest BCUT2D eigenvalue weighted by Gasteiger charge is 2.33. The Morgan fingerprint density at radius 1 is 1.40 bits per heavy atom. The van der Waals surface area contributed by atoms with Crippen molar-refractivity contribution in [1.29, 1.82) is 0 Å². The van der Waals surface area contributed by atoms with Crippen LogP contribution in [0.15, 0.2) is 53.1 Å². The van der Waals surface area contributed by atoms with Crippen LogP contribution in [0.1, 0.15) is 6.92 Å². The lowest BCUT2D eigenvalue weighted by Gasteiger charge is -2.16. The fraction of sp³-hybridized carbons (Fsp3) is 0.211. The van der Waals surface area contributed by atoms with Crippen molar-refractivity contribution in [3.63, 3.8) is 0 Å². The molecular formula is C19H17ClF2N6O2. The Morgan fingerprint density at radius 3 is 2.97 bits per heavy atom. The topological polar surface area (TPSA) is 83.8 Å². The average Bonchev–Trinajstić information content (AvgIpc) is 3.21. The second-order valence-corrected chi connectivity index (χ2v) is 7.05. The van der Waals surface area contributed by atoms with Crippen LogP contribution in [0.3, 0.4) is 0 Å². The third kappa shape index (κ3) is 3.79. The van der Waals surface area contributed by atoms with Crippen LogP contribution >= 0.6 is 11.6 Å². The first kappa shape index (κ1) is 20.0. The van der Waals surface area contributed by atoms with Crippen molar-refractivity contribution in [3.8, 4) is 17.0 Å². The molecule has 156 valence electrons. The molecule has 2 N–H and O–H groups in total.